The highest BCUT2D eigenvalue weighted by Gasteiger charge is 2.14. The molecule has 1 aromatic carbocycles. The fourth-order valence-corrected chi connectivity index (χ4v) is 1.60. The second-order valence-corrected chi connectivity index (χ2v) is 4.22. The Morgan fingerprint density at radius 1 is 1.10 bits per heavy atom. The summed E-state index contributed by atoms with van der Waals surface area (Å²) in [6.07, 6.45) is 3.56. The molecule has 0 aliphatic rings. The quantitative estimate of drug-likeness (QED) is 0.845. The van der Waals surface area contributed by atoms with Crippen LogP contribution in [0.2, 0.25) is 0 Å². The highest BCUT2D eigenvalue weighted by molar-refractivity contribution is 6.39. The van der Waals surface area contributed by atoms with E-state index in [0.29, 0.717) is 6.42 Å². The number of halogens is 2. The molecule has 7 heteroatoms. The Balaban J connectivity index is 1.81. The average Bonchev–Trinajstić information content (AvgIpc) is 2.96. The summed E-state index contributed by atoms with van der Waals surface area (Å²) in [5.74, 6) is -3.94. The fraction of sp³-hybridized carbons (Fsp3) is 0.143. The van der Waals surface area contributed by atoms with E-state index in [1.54, 1.807) is 6.07 Å². The maximum Gasteiger partial charge on any atom is 0.313 e. The minimum Gasteiger partial charge on any atom is -0.472 e. The summed E-state index contributed by atoms with van der Waals surface area (Å²) in [6.45, 7) is 0.254. The fourth-order valence-electron chi connectivity index (χ4n) is 1.60. The van der Waals surface area contributed by atoms with E-state index in [-0.39, 0.29) is 12.2 Å². The van der Waals surface area contributed by atoms with Gasteiger partial charge in [-0.15, -0.1) is 0 Å². The van der Waals surface area contributed by atoms with E-state index in [0.717, 1.165) is 23.8 Å². The van der Waals surface area contributed by atoms with Crippen LogP contribution in [0.25, 0.3) is 0 Å². The van der Waals surface area contributed by atoms with Gasteiger partial charge in [-0.1, -0.05) is 0 Å². The molecule has 0 unspecified atom stereocenters. The third kappa shape index (κ3) is 4.13. The highest BCUT2D eigenvalue weighted by atomic mass is 19.2. The van der Waals surface area contributed by atoms with Crippen LogP contribution in [0.15, 0.2) is 41.2 Å². The van der Waals surface area contributed by atoms with Crippen molar-refractivity contribution in [2.75, 3.05) is 11.9 Å². The SMILES string of the molecule is O=C(NCCc1ccoc1)C(=O)Nc1ccc(F)c(F)c1. The van der Waals surface area contributed by atoms with Crippen LogP contribution in [0.5, 0.6) is 0 Å². The monoisotopic (exact) mass is 294 g/mol. The zero-order valence-electron chi connectivity index (χ0n) is 10.9. The van der Waals surface area contributed by atoms with Crippen LogP contribution in [0.1, 0.15) is 5.56 Å². The molecule has 0 aliphatic carbocycles. The van der Waals surface area contributed by atoms with E-state index in [9.17, 15) is 18.4 Å². The van der Waals surface area contributed by atoms with Gasteiger partial charge in [-0.25, -0.2) is 8.78 Å². The molecule has 0 spiro atoms. The maximum absolute atomic E-state index is 13.0. The molecule has 2 amide bonds. The van der Waals surface area contributed by atoms with Gasteiger partial charge in [0, 0.05) is 18.3 Å². The van der Waals surface area contributed by atoms with Crippen LogP contribution in [-0.4, -0.2) is 18.4 Å². The number of carbonyl (C=O) groups excluding carboxylic acids is 2. The Morgan fingerprint density at radius 3 is 2.57 bits per heavy atom. The lowest BCUT2D eigenvalue weighted by molar-refractivity contribution is -0.136. The predicted octanol–water partition coefficient (Wildman–Crippen LogP) is 1.86. The van der Waals surface area contributed by atoms with Crippen LogP contribution < -0.4 is 10.6 Å². The van der Waals surface area contributed by atoms with Crippen molar-refractivity contribution >= 4 is 17.5 Å². The third-order valence-corrected chi connectivity index (χ3v) is 2.66. The summed E-state index contributed by atoms with van der Waals surface area (Å²) < 4.78 is 30.5. The van der Waals surface area contributed by atoms with Gasteiger partial charge < -0.3 is 15.1 Å². The molecular weight excluding hydrogens is 282 g/mol. The smallest absolute Gasteiger partial charge is 0.313 e. The minimum absolute atomic E-state index is 0.00360. The van der Waals surface area contributed by atoms with Crippen molar-refractivity contribution in [3.8, 4) is 0 Å². The van der Waals surface area contributed by atoms with Gasteiger partial charge >= 0.3 is 11.8 Å². The first kappa shape index (κ1) is 14.7. The zero-order chi connectivity index (χ0) is 15.2. The largest absolute Gasteiger partial charge is 0.472 e. The van der Waals surface area contributed by atoms with Gasteiger partial charge in [0.15, 0.2) is 11.6 Å². The van der Waals surface area contributed by atoms with Crippen LogP contribution in [0.4, 0.5) is 14.5 Å². The highest BCUT2D eigenvalue weighted by Crippen LogP contribution is 2.12. The van der Waals surface area contributed by atoms with Crippen molar-refractivity contribution in [3.63, 3.8) is 0 Å². The van der Waals surface area contributed by atoms with Crippen molar-refractivity contribution in [2.45, 2.75) is 6.42 Å². The Morgan fingerprint density at radius 2 is 1.90 bits per heavy atom. The molecule has 1 heterocycles. The maximum atomic E-state index is 13.0. The summed E-state index contributed by atoms with van der Waals surface area (Å²) in [6, 6.07) is 4.57. The molecule has 2 aromatic rings. The van der Waals surface area contributed by atoms with Gasteiger partial charge in [0.25, 0.3) is 0 Å². The molecule has 110 valence electrons. The molecule has 2 N–H and O–H groups in total. The summed E-state index contributed by atoms with van der Waals surface area (Å²) >= 11 is 0. The number of anilines is 1. The average molecular weight is 294 g/mol. The number of benzene rings is 1. The summed E-state index contributed by atoms with van der Waals surface area (Å²) in [4.78, 5) is 23.1. The molecule has 0 bridgehead atoms. The van der Waals surface area contributed by atoms with E-state index in [4.69, 9.17) is 4.42 Å². The van der Waals surface area contributed by atoms with E-state index in [2.05, 4.69) is 10.6 Å². The summed E-state index contributed by atoms with van der Waals surface area (Å²) in [7, 11) is 0. The van der Waals surface area contributed by atoms with Crippen LogP contribution in [0.3, 0.4) is 0 Å². The van der Waals surface area contributed by atoms with Crippen LogP contribution in [0, 0.1) is 11.6 Å². The van der Waals surface area contributed by atoms with Crippen LogP contribution >= 0.6 is 0 Å². The van der Waals surface area contributed by atoms with Gasteiger partial charge in [0.05, 0.1) is 12.5 Å². The lowest BCUT2D eigenvalue weighted by atomic mass is 10.2. The zero-order valence-corrected chi connectivity index (χ0v) is 10.9. The van der Waals surface area contributed by atoms with Gasteiger partial charge in [-0.05, 0) is 30.2 Å². The second kappa shape index (κ2) is 6.65. The molecular formula is C14H12F2N2O3. The number of hydrogen-bond acceptors (Lipinski definition) is 3. The number of hydrogen-bond donors (Lipinski definition) is 2. The normalized spacial score (nSPS) is 10.2. The van der Waals surface area contributed by atoms with Crippen molar-refractivity contribution < 1.29 is 22.8 Å². The topological polar surface area (TPSA) is 71.3 Å². The Kier molecular flexibility index (Phi) is 4.65. The van der Waals surface area contributed by atoms with Gasteiger partial charge in [-0.3, -0.25) is 9.59 Å². The van der Waals surface area contributed by atoms with Gasteiger partial charge in [-0.2, -0.15) is 0 Å². The number of rotatable bonds is 4. The number of nitrogens with one attached hydrogen (secondary N) is 2. The van der Waals surface area contributed by atoms with Crippen molar-refractivity contribution in [3.05, 3.63) is 54.0 Å². The number of amides is 2. The first-order chi connectivity index (χ1) is 10.1. The summed E-state index contributed by atoms with van der Waals surface area (Å²) in [5.41, 5.74) is 0.889. The second-order valence-electron chi connectivity index (χ2n) is 4.22. The van der Waals surface area contributed by atoms with Crippen LogP contribution in [-0.2, 0) is 16.0 Å². The van der Waals surface area contributed by atoms with E-state index in [1.165, 1.54) is 12.5 Å². The lowest BCUT2D eigenvalue weighted by Crippen LogP contribution is -2.36. The first-order valence-electron chi connectivity index (χ1n) is 6.11. The molecule has 21 heavy (non-hydrogen) atoms. The third-order valence-electron chi connectivity index (χ3n) is 2.66. The van der Waals surface area contributed by atoms with E-state index >= 15 is 0 Å². The van der Waals surface area contributed by atoms with Gasteiger partial charge in [0.1, 0.15) is 0 Å². The first-order valence-corrected chi connectivity index (χ1v) is 6.11. The summed E-state index contributed by atoms with van der Waals surface area (Å²) in [5, 5.41) is 4.58. The molecule has 0 saturated carbocycles. The number of furan rings is 1. The Labute approximate surface area is 118 Å². The number of carbonyl (C=O) groups is 2. The Hall–Kier alpha value is -2.70. The minimum atomic E-state index is -1.10. The Bertz CT molecular complexity index is 642. The van der Waals surface area contributed by atoms with E-state index in [1.807, 2.05) is 0 Å². The molecule has 0 aliphatic heterocycles. The molecule has 2 rings (SSSR count). The molecule has 0 saturated heterocycles. The molecule has 0 fully saturated rings. The van der Waals surface area contributed by atoms with Crippen molar-refractivity contribution in [1.29, 1.82) is 0 Å². The molecule has 0 radical (unpaired) electrons. The van der Waals surface area contributed by atoms with Crippen molar-refractivity contribution in [2.24, 2.45) is 0 Å². The molecule has 1 aromatic heterocycles. The molecule has 0 atom stereocenters. The van der Waals surface area contributed by atoms with Crippen molar-refractivity contribution in [1.82, 2.24) is 5.32 Å². The molecule has 5 nitrogen and oxygen atoms in total. The van der Waals surface area contributed by atoms with E-state index < -0.39 is 23.4 Å². The predicted molar refractivity (Wildman–Crippen MR) is 70.4 cm³/mol. The van der Waals surface area contributed by atoms with Gasteiger partial charge in [0.2, 0.25) is 0 Å². The standard InChI is InChI=1S/C14H12F2N2O3/c15-11-2-1-10(7-12(11)16)18-14(20)13(19)17-5-3-9-4-6-21-8-9/h1-2,4,6-8H,3,5H2,(H,17,19)(H,18,20). The lowest BCUT2D eigenvalue weighted by Gasteiger charge is -2.06.